The van der Waals surface area contributed by atoms with Crippen molar-refractivity contribution in [2.75, 3.05) is 0 Å². The van der Waals surface area contributed by atoms with Gasteiger partial charge in [0.15, 0.2) is 0 Å². The fourth-order valence-electron chi connectivity index (χ4n) is 3.65. The Morgan fingerprint density at radius 2 is 1.87 bits per heavy atom. The topological polar surface area (TPSA) is 68.2 Å². The number of hydrogen-bond acceptors (Lipinski definition) is 6. The highest BCUT2D eigenvalue weighted by atomic mass is 35.5. The largest absolute Gasteiger partial charge is 0.419 e. The number of halogens is 2. The van der Waals surface area contributed by atoms with Crippen LogP contribution < -0.4 is 0 Å². The second-order valence-corrected chi connectivity index (χ2v) is 8.07. The number of nitrogens with zero attached hydrogens (tertiary/aromatic N) is 4. The Morgan fingerprint density at radius 1 is 1.06 bits per heavy atom. The number of hydrogen-bond donors (Lipinski definition) is 0. The van der Waals surface area contributed by atoms with Crippen molar-refractivity contribution in [2.24, 2.45) is 0 Å². The van der Waals surface area contributed by atoms with Crippen LogP contribution in [0, 0.1) is 12.7 Å². The zero-order valence-electron chi connectivity index (χ0n) is 16.9. The van der Waals surface area contributed by atoms with Gasteiger partial charge in [-0.1, -0.05) is 53.2 Å². The molecule has 0 saturated heterocycles. The molecule has 0 spiro atoms. The van der Waals surface area contributed by atoms with Crippen LogP contribution in [0.15, 0.2) is 57.5 Å². The molecule has 0 aliphatic heterocycles. The van der Waals surface area contributed by atoms with E-state index in [4.69, 9.17) is 20.5 Å². The number of aromatic nitrogens is 3. The fourth-order valence-corrected chi connectivity index (χ4v) is 3.87. The molecule has 2 heterocycles. The van der Waals surface area contributed by atoms with Gasteiger partial charge in [-0.25, -0.2) is 4.39 Å². The van der Waals surface area contributed by atoms with Gasteiger partial charge in [0, 0.05) is 28.7 Å². The highest BCUT2D eigenvalue weighted by Crippen LogP contribution is 2.35. The minimum atomic E-state index is -0.308. The van der Waals surface area contributed by atoms with Crippen molar-refractivity contribution in [3.05, 3.63) is 76.6 Å². The number of rotatable bonds is 7. The summed E-state index contributed by atoms with van der Waals surface area (Å²) in [5, 5.41) is 13.1. The fraction of sp³-hybridized carbons (Fsp3) is 0.261. The van der Waals surface area contributed by atoms with Crippen LogP contribution in [-0.4, -0.2) is 26.3 Å². The third-order valence-electron chi connectivity index (χ3n) is 5.42. The van der Waals surface area contributed by atoms with Gasteiger partial charge in [0.2, 0.25) is 5.89 Å². The van der Waals surface area contributed by atoms with E-state index in [0.29, 0.717) is 58.5 Å². The SMILES string of the molecule is Cc1onc(-c2ccccc2)c1-c1nnc(CN(Cc2c(F)cccc2Cl)C2CC2)o1. The van der Waals surface area contributed by atoms with Crippen molar-refractivity contribution in [2.45, 2.75) is 38.9 Å². The minimum absolute atomic E-state index is 0.308. The quantitative estimate of drug-likeness (QED) is 0.371. The molecule has 158 valence electrons. The van der Waals surface area contributed by atoms with Gasteiger partial charge in [0.1, 0.15) is 22.8 Å². The molecule has 0 unspecified atom stereocenters. The molecule has 0 bridgehead atoms. The summed E-state index contributed by atoms with van der Waals surface area (Å²) in [6, 6.07) is 14.8. The molecule has 0 amide bonds. The molecule has 1 saturated carbocycles. The van der Waals surface area contributed by atoms with Crippen molar-refractivity contribution in [1.29, 1.82) is 0 Å². The highest BCUT2D eigenvalue weighted by Gasteiger charge is 2.32. The van der Waals surface area contributed by atoms with E-state index in [9.17, 15) is 4.39 Å². The van der Waals surface area contributed by atoms with Crippen LogP contribution in [-0.2, 0) is 13.1 Å². The summed E-state index contributed by atoms with van der Waals surface area (Å²) in [6.07, 6.45) is 2.10. The average molecular weight is 439 g/mol. The van der Waals surface area contributed by atoms with Crippen molar-refractivity contribution in [3.63, 3.8) is 0 Å². The zero-order valence-corrected chi connectivity index (χ0v) is 17.6. The van der Waals surface area contributed by atoms with E-state index >= 15 is 0 Å². The second kappa shape index (κ2) is 8.24. The standard InChI is InChI=1S/C23H20ClFN4O2/c1-14-21(22(28-31-14)15-6-3-2-4-7-15)23-27-26-20(30-23)13-29(16-10-11-16)12-17-18(24)8-5-9-19(17)25/h2-9,16H,10-13H2,1H3. The van der Waals surface area contributed by atoms with E-state index < -0.39 is 0 Å². The maximum absolute atomic E-state index is 14.3. The smallest absolute Gasteiger partial charge is 0.253 e. The summed E-state index contributed by atoms with van der Waals surface area (Å²) in [4.78, 5) is 2.13. The Bertz CT molecular complexity index is 1180. The lowest BCUT2D eigenvalue weighted by Crippen LogP contribution is -2.26. The molecule has 5 rings (SSSR count). The van der Waals surface area contributed by atoms with Crippen molar-refractivity contribution in [1.82, 2.24) is 20.3 Å². The molecule has 0 atom stereocenters. The molecule has 2 aromatic carbocycles. The molecule has 1 aliphatic carbocycles. The van der Waals surface area contributed by atoms with E-state index in [1.807, 2.05) is 37.3 Å². The van der Waals surface area contributed by atoms with E-state index in [1.165, 1.54) is 6.07 Å². The van der Waals surface area contributed by atoms with Gasteiger partial charge in [-0.2, -0.15) is 0 Å². The van der Waals surface area contributed by atoms with Crippen LogP contribution >= 0.6 is 11.6 Å². The van der Waals surface area contributed by atoms with Crippen molar-refractivity contribution >= 4 is 11.6 Å². The summed E-state index contributed by atoms with van der Waals surface area (Å²) >= 11 is 6.23. The van der Waals surface area contributed by atoms with Crippen molar-refractivity contribution in [3.8, 4) is 22.7 Å². The van der Waals surface area contributed by atoms with Crippen molar-refractivity contribution < 1.29 is 13.3 Å². The normalized spacial score (nSPS) is 13.8. The molecule has 0 N–H and O–H groups in total. The molecule has 1 fully saturated rings. The second-order valence-electron chi connectivity index (χ2n) is 7.67. The summed E-state index contributed by atoms with van der Waals surface area (Å²) in [5.74, 6) is 1.10. The van der Waals surface area contributed by atoms with Gasteiger partial charge >= 0.3 is 0 Å². The Labute approximate surface area is 183 Å². The molecule has 2 aromatic heterocycles. The highest BCUT2D eigenvalue weighted by molar-refractivity contribution is 6.31. The Hall–Kier alpha value is -3.03. The molecule has 4 aromatic rings. The van der Waals surface area contributed by atoms with Crippen LogP contribution in [0.1, 0.15) is 30.1 Å². The maximum Gasteiger partial charge on any atom is 0.253 e. The van der Waals surface area contributed by atoms with Crippen LogP contribution in [0.5, 0.6) is 0 Å². The Kier molecular flexibility index (Phi) is 5.29. The monoisotopic (exact) mass is 438 g/mol. The third-order valence-corrected chi connectivity index (χ3v) is 5.77. The maximum atomic E-state index is 14.3. The summed E-state index contributed by atoms with van der Waals surface area (Å²) in [7, 11) is 0. The van der Waals surface area contributed by atoms with E-state index in [0.717, 1.165) is 18.4 Å². The molecular weight excluding hydrogens is 419 g/mol. The van der Waals surface area contributed by atoms with Crippen LogP contribution in [0.3, 0.4) is 0 Å². The predicted molar refractivity (Wildman–Crippen MR) is 114 cm³/mol. The Morgan fingerprint density at radius 3 is 2.61 bits per heavy atom. The lowest BCUT2D eigenvalue weighted by Gasteiger charge is -2.21. The van der Waals surface area contributed by atoms with E-state index in [-0.39, 0.29) is 5.82 Å². The molecule has 1 aliphatic rings. The first-order chi connectivity index (χ1) is 15.1. The third kappa shape index (κ3) is 4.11. The zero-order chi connectivity index (χ0) is 21.4. The first-order valence-electron chi connectivity index (χ1n) is 10.1. The molecule has 6 nitrogen and oxygen atoms in total. The van der Waals surface area contributed by atoms with Gasteiger partial charge in [-0.15, -0.1) is 10.2 Å². The number of benzene rings is 2. The molecule has 8 heteroatoms. The minimum Gasteiger partial charge on any atom is -0.419 e. The van der Waals surface area contributed by atoms with Gasteiger partial charge in [-0.3, -0.25) is 4.90 Å². The van der Waals surface area contributed by atoms with Gasteiger partial charge in [-0.05, 0) is 31.9 Å². The van der Waals surface area contributed by atoms with Crippen LogP contribution in [0.25, 0.3) is 22.7 Å². The Balaban J connectivity index is 1.41. The first-order valence-corrected chi connectivity index (χ1v) is 10.5. The first kappa shape index (κ1) is 19.9. The molecular formula is C23H20ClFN4O2. The molecule has 0 radical (unpaired) electrons. The van der Waals surface area contributed by atoms with E-state index in [1.54, 1.807) is 12.1 Å². The number of aryl methyl sites for hydroxylation is 1. The van der Waals surface area contributed by atoms with Gasteiger partial charge in [0.05, 0.1) is 6.54 Å². The summed E-state index contributed by atoms with van der Waals surface area (Å²) in [5.41, 5.74) is 2.73. The van der Waals surface area contributed by atoms with E-state index in [2.05, 4.69) is 20.3 Å². The summed E-state index contributed by atoms with van der Waals surface area (Å²) in [6.45, 7) is 2.61. The average Bonchev–Trinajstić information content (AvgIpc) is 3.40. The molecule has 31 heavy (non-hydrogen) atoms. The lowest BCUT2D eigenvalue weighted by atomic mass is 10.1. The summed E-state index contributed by atoms with van der Waals surface area (Å²) < 4.78 is 25.7. The van der Waals surface area contributed by atoms with Crippen LogP contribution in [0.2, 0.25) is 5.02 Å². The predicted octanol–water partition coefficient (Wildman–Crippen LogP) is 5.66. The lowest BCUT2D eigenvalue weighted by molar-refractivity contribution is 0.218. The van der Waals surface area contributed by atoms with Gasteiger partial charge < -0.3 is 8.94 Å². The van der Waals surface area contributed by atoms with Crippen LogP contribution in [0.4, 0.5) is 4.39 Å². The van der Waals surface area contributed by atoms with Gasteiger partial charge in [0.25, 0.3) is 5.89 Å².